The monoisotopic (exact) mass is 787 g/mol. The van der Waals surface area contributed by atoms with Gasteiger partial charge in [-0.05, 0) is 85.6 Å². The lowest BCUT2D eigenvalue weighted by atomic mass is 9.81. The highest BCUT2D eigenvalue weighted by molar-refractivity contribution is 6.37. The molecule has 2 aliphatic heterocycles. The highest BCUT2D eigenvalue weighted by Gasteiger charge is 2.49. The lowest BCUT2D eigenvalue weighted by Gasteiger charge is -2.49. The zero-order valence-electron chi connectivity index (χ0n) is 29.3. The fourth-order valence-electron chi connectivity index (χ4n) is 6.93. The summed E-state index contributed by atoms with van der Waals surface area (Å²) in [5, 5.41) is 21.5. The zero-order valence-corrected chi connectivity index (χ0v) is 31.5. The lowest BCUT2D eigenvalue weighted by molar-refractivity contribution is -0.129. The van der Waals surface area contributed by atoms with E-state index in [0.29, 0.717) is 50.9 Å². The summed E-state index contributed by atoms with van der Waals surface area (Å²) in [5.74, 6) is 0.299. The number of amides is 3. The summed E-state index contributed by atoms with van der Waals surface area (Å²) in [6, 6.07) is 7.01. The fraction of sp³-hybridized carbons (Fsp3) is 0.432. The number of ether oxygens (including phenoxy) is 3. The number of aryl methyl sites for hydroxylation is 2. The van der Waals surface area contributed by atoms with Crippen molar-refractivity contribution in [3.05, 3.63) is 85.8 Å². The van der Waals surface area contributed by atoms with Gasteiger partial charge in [0.15, 0.2) is 5.75 Å². The van der Waals surface area contributed by atoms with Gasteiger partial charge in [0, 0.05) is 69.1 Å². The van der Waals surface area contributed by atoms with Crippen molar-refractivity contribution in [2.75, 3.05) is 40.0 Å². The molecule has 2 fully saturated rings. The molecule has 0 unspecified atom stereocenters. The molecule has 13 nitrogen and oxygen atoms in total. The standard InChI is InChI=1S/C37H40Cl3N5O8/c1-21-12-28(38)34(29(39)13-21)53-11-10-52-32-8-5-22(16-42-32)27-15-26-19-43(36(47)48)20-31(45(26)37(49)50)33(27)35(46)44(25-6-7-25)18-23-14-24(4-3-9-51-2)41-17-30(23)40/h5,8,12-14,16-17,25-26,31H,3-4,6-7,9-11,15,18-20H2,1-2H3,(H,47,48)(H,49,50)/t26-,31-/m1/s1. The van der Waals surface area contributed by atoms with E-state index in [1.54, 1.807) is 48.7 Å². The van der Waals surface area contributed by atoms with Crippen LogP contribution < -0.4 is 9.47 Å². The predicted octanol–water partition coefficient (Wildman–Crippen LogP) is 6.84. The minimum Gasteiger partial charge on any atom is -0.487 e. The van der Waals surface area contributed by atoms with Crippen LogP contribution >= 0.6 is 34.8 Å². The van der Waals surface area contributed by atoms with Crippen molar-refractivity contribution in [2.45, 2.75) is 63.7 Å². The van der Waals surface area contributed by atoms with E-state index in [1.165, 1.54) is 9.80 Å². The van der Waals surface area contributed by atoms with Crippen LogP contribution in [0.5, 0.6) is 11.6 Å². The molecule has 2 N–H and O–H groups in total. The second kappa shape index (κ2) is 16.8. The van der Waals surface area contributed by atoms with Crippen molar-refractivity contribution in [2.24, 2.45) is 0 Å². The summed E-state index contributed by atoms with van der Waals surface area (Å²) in [6.07, 6.45) is 3.86. The van der Waals surface area contributed by atoms with Crippen LogP contribution in [0.15, 0.2) is 48.3 Å². The second-order valence-corrected chi connectivity index (χ2v) is 14.5. The first kappa shape index (κ1) is 38.4. The normalized spacial score (nSPS) is 18.2. The van der Waals surface area contributed by atoms with Gasteiger partial charge in [-0.25, -0.2) is 14.6 Å². The minimum atomic E-state index is -1.22. The van der Waals surface area contributed by atoms with Crippen molar-refractivity contribution in [3.63, 3.8) is 0 Å². The maximum Gasteiger partial charge on any atom is 0.408 e. The average molecular weight is 789 g/mol. The SMILES string of the molecule is COCCCc1cc(CN(C(=O)C2=C(c3ccc(OCCOc4c(Cl)cc(C)cc4Cl)nc3)C[C@@H]3CN(C(=O)O)C[C@H]2N3C(=O)O)C2CC2)c(Cl)cn1. The van der Waals surface area contributed by atoms with E-state index in [1.807, 2.05) is 13.0 Å². The van der Waals surface area contributed by atoms with E-state index < -0.39 is 24.3 Å². The number of benzene rings is 1. The maximum atomic E-state index is 14.9. The topological polar surface area (TPSA) is 155 Å². The third-order valence-corrected chi connectivity index (χ3v) is 10.4. The number of hydrogen-bond donors (Lipinski definition) is 2. The van der Waals surface area contributed by atoms with Gasteiger partial charge in [-0.1, -0.05) is 34.8 Å². The summed E-state index contributed by atoms with van der Waals surface area (Å²) in [5.41, 5.74) is 3.89. The highest BCUT2D eigenvalue weighted by Crippen LogP contribution is 2.41. The van der Waals surface area contributed by atoms with Gasteiger partial charge >= 0.3 is 12.2 Å². The van der Waals surface area contributed by atoms with E-state index in [0.717, 1.165) is 36.1 Å². The van der Waals surface area contributed by atoms with Crippen LogP contribution in [0.3, 0.4) is 0 Å². The number of fused-ring (bicyclic) bond motifs is 2. The molecule has 16 heteroatoms. The molecule has 0 radical (unpaired) electrons. The minimum absolute atomic E-state index is 0.0302. The first-order valence-electron chi connectivity index (χ1n) is 17.3. The van der Waals surface area contributed by atoms with E-state index in [4.69, 9.17) is 49.0 Å². The largest absolute Gasteiger partial charge is 0.487 e. The number of pyridine rings is 2. The molecule has 53 heavy (non-hydrogen) atoms. The molecule has 4 heterocycles. The van der Waals surface area contributed by atoms with E-state index in [-0.39, 0.29) is 56.8 Å². The molecule has 6 rings (SSSR count). The third kappa shape index (κ3) is 8.92. The Morgan fingerprint density at radius 3 is 2.30 bits per heavy atom. The zero-order chi connectivity index (χ0) is 37.8. The first-order chi connectivity index (χ1) is 25.4. The third-order valence-electron chi connectivity index (χ3n) is 9.54. The molecule has 2 bridgehead atoms. The van der Waals surface area contributed by atoms with Crippen LogP contribution in [0.1, 0.15) is 48.1 Å². The highest BCUT2D eigenvalue weighted by atomic mass is 35.5. The molecule has 2 atom stereocenters. The second-order valence-electron chi connectivity index (χ2n) is 13.3. The number of rotatable bonds is 14. The van der Waals surface area contributed by atoms with Crippen molar-refractivity contribution >= 4 is 58.5 Å². The molecule has 2 aromatic heterocycles. The Balaban J connectivity index is 1.29. The number of halogens is 3. The quantitative estimate of drug-likeness (QED) is 0.166. The Morgan fingerprint density at radius 1 is 0.925 bits per heavy atom. The molecule has 0 spiro atoms. The molecule has 3 aromatic rings. The molecule has 282 valence electrons. The number of hydrogen-bond acceptors (Lipinski definition) is 8. The van der Waals surface area contributed by atoms with Gasteiger partial charge in [-0.15, -0.1) is 0 Å². The Kier molecular flexibility index (Phi) is 12.2. The first-order valence-corrected chi connectivity index (χ1v) is 18.4. The van der Waals surface area contributed by atoms with E-state index in [2.05, 4.69) is 9.97 Å². The number of piperazine rings is 1. The van der Waals surface area contributed by atoms with Crippen LogP contribution in [-0.2, 0) is 22.5 Å². The molecular formula is C37H40Cl3N5O8. The molecule has 3 aliphatic rings. The van der Waals surface area contributed by atoms with Crippen molar-refractivity contribution in [1.29, 1.82) is 0 Å². The summed E-state index contributed by atoms with van der Waals surface area (Å²) in [4.78, 5) is 52.8. The van der Waals surface area contributed by atoms with Crippen LogP contribution in [0.2, 0.25) is 15.1 Å². The number of carboxylic acid groups (broad SMARTS) is 2. The summed E-state index contributed by atoms with van der Waals surface area (Å²) in [6.45, 7) is 2.71. The Morgan fingerprint density at radius 2 is 1.66 bits per heavy atom. The van der Waals surface area contributed by atoms with Crippen LogP contribution in [-0.4, -0.2) is 111 Å². The number of carbonyl (C=O) groups excluding carboxylic acids is 1. The number of methoxy groups -OCH3 is 1. The molecule has 1 saturated heterocycles. The summed E-state index contributed by atoms with van der Waals surface area (Å²) >= 11 is 19.2. The molecular weight excluding hydrogens is 749 g/mol. The molecule has 1 aliphatic carbocycles. The number of aromatic nitrogens is 2. The number of carbonyl (C=O) groups is 3. The molecule has 1 saturated carbocycles. The van der Waals surface area contributed by atoms with Crippen LogP contribution in [0.25, 0.3) is 5.57 Å². The smallest absolute Gasteiger partial charge is 0.408 e. The van der Waals surface area contributed by atoms with Crippen molar-refractivity contribution in [3.8, 4) is 11.6 Å². The molecule has 1 aromatic carbocycles. The Bertz CT molecular complexity index is 1870. The summed E-state index contributed by atoms with van der Waals surface area (Å²) < 4.78 is 16.7. The summed E-state index contributed by atoms with van der Waals surface area (Å²) in [7, 11) is 1.64. The van der Waals surface area contributed by atoms with Crippen molar-refractivity contribution in [1.82, 2.24) is 24.7 Å². The molecule has 3 amide bonds. The van der Waals surface area contributed by atoms with Gasteiger partial charge in [-0.3, -0.25) is 14.7 Å². The van der Waals surface area contributed by atoms with E-state index >= 15 is 0 Å². The van der Waals surface area contributed by atoms with Gasteiger partial charge in [0.25, 0.3) is 5.91 Å². The van der Waals surface area contributed by atoms with Gasteiger partial charge in [-0.2, -0.15) is 0 Å². The van der Waals surface area contributed by atoms with Gasteiger partial charge < -0.3 is 34.2 Å². The van der Waals surface area contributed by atoms with Gasteiger partial charge in [0.2, 0.25) is 5.88 Å². The van der Waals surface area contributed by atoms with E-state index in [9.17, 15) is 24.6 Å². The van der Waals surface area contributed by atoms with Gasteiger partial charge in [0.1, 0.15) is 13.2 Å². The maximum absolute atomic E-state index is 14.9. The fourth-order valence-corrected chi connectivity index (χ4v) is 7.80. The Labute approximate surface area is 322 Å². The average Bonchev–Trinajstić information content (AvgIpc) is 3.96. The van der Waals surface area contributed by atoms with Crippen LogP contribution in [0, 0.1) is 6.92 Å². The lowest BCUT2D eigenvalue weighted by Crippen LogP contribution is -2.65. The van der Waals surface area contributed by atoms with Gasteiger partial charge in [0.05, 0.1) is 27.2 Å². The Hall–Kier alpha value is -4.30. The van der Waals surface area contributed by atoms with Crippen molar-refractivity contribution < 1.29 is 38.8 Å². The van der Waals surface area contributed by atoms with Crippen LogP contribution in [0.4, 0.5) is 9.59 Å². The predicted molar refractivity (Wildman–Crippen MR) is 198 cm³/mol. The number of nitrogens with zero attached hydrogens (tertiary/aromatic N) is 5.